The topological polar surface area (TPSA) is 99.5 Å². The first kappa shape index (κ1) is 24.0. The second kappa shape index (κ2) is 10.4. The molecule has 1 atom stereocenters. The van der Waals surface area contributed by atoms with Gasteiger partial charge in [0.1, 0.15) is 0 Å². The summed E-state index contributed by atoms with van der Waals surface area (Å²) >= 11 is 1.18. The van der Waals surface area contributed by atoms with Crippen LogP contribution in [0.15, 0.2) is 46.3 Å². The molecule has 0 saturated carbocycles. The Morgan fingerprint density at radius 1 is 1.24 bits per heavy atom. The minimum atomic E-state index is -0.505. The Morgan fingerprint density at radius 2 is 2.06 bits per heavy atom. The monoisotopic (exact) mass is 481 g/mol. The van der Waals surface area contributed by atoms with Crippen molar-refractivity contribution in [3.63, 3.8) is 0 Å². The van der Waals surface area contributed by atoms with Crippen molar-refractivity contribution in [2.24, 2.45) is 0 Å². The molecule has 0 spiro atoms. The minimum Gasteiger partial charge on any atom is -0.465 e. The van der Waals surface area contributed by atoms with Crippen LogP contribution in [0.4, 0.5) is 5.69 Å². The van der Waals surface area contributed by atoms with Crippen LogP contribution in [-0.2, 0) is 20.8 Å². The lowest BCUT2D eigenvalue weighted by Crippen LogP contribution is -2.29. The van der Waals surface area contributed by atoms with E-state index >= 15 is 0 Å². The highest BCUT2D eigenvalue weighted by Crippen LogP contribution is 2.23. The van der Waals surface area contributed by atoms with Crippen LogP contribution in [0.2, 0.25) is 0 Å². The van der Waals surface area contributed by atoms with Gasteiger partial charge in [-0.1, -0.05) is 29.5 Å². The number of ether oxygens (including phenoxy) is 2. The highest BCUT2D eigenvalue weighted by molar-refractivity contribution is 7.99. The third kappa shape index (κ3) is 5.31. The predicted molar refractivity (Wildman–Crippen MR) is 132 cm³/mol. The number of aromatic nitrogens is 2. The average molecular weight is 482 g/mol. The van der Waals surface area contributed by atoms with Gasteiger partial charge in [0.2, 0.25) is 5.91 Å². The smallest absolute Gasteiger partial charge is 0.337 e. The summed E-state index contributed by atoms with van der Waals surface area (Å²) in [6.45, 7) is 4.98. The largest absolute Gasteiger partial charge is 0.465 e. The van der Waals surface area contributed by atoms with Gasteiger partial charge >= 0.3 is 5.97 Å². The van der Waals surface area contributed by atoms with Gasteiger partial charge in [0.15, 0.2) is 5.16 Å². The maximum atomic E-state index is 13.3. The zero-order valence-electron chi connectivity index (χ0n) is 19.4. The van der Waals surface area contributed by atoms with E-state index in [0.29, 0.717) is 34.8 Å². The molecule has 4 rings (SSSR count). The molecule has 9 heteroatoms. The number of nitrogens with one attached hydrogen (secondary N) is 1. The molecule has 1 aromatic heterocycles. The first-order valence-electron chi connectivity index (χ1n) is 11.1. The van der Waals surface area contributed by atoms with Gasteiger partial charge in [0.05, 0.1) is 42.0 Å². The summed E-state index contributed by atoms with van der Waals surface area (Å²) in [6, 6.07) is 10.5. The van der Waals surface area contributed by atoms with Crippen molar-refractivity contribution in [3.8, 4) is 0 Å². The van der Waals surface area contributed by atoms with E-state index in [0.717, 1.165) is 29.7 Å². The van der Waals surface area contributed by atoms with E-state index in [1.54, 1.807) is 22.8 Å². The summed E-state index contributed by atoms with van der Waals surface area (Å²) < 4.78 is 12.1. The van der Waals surface area contributed by atoms with Crippen LogP contribution >= 0.6 is 11.8 Å². The van der Waals surface area contributed by atoms with Crippen molar-refractivity contribution < 1.29 is 19.1 Å². The fourth-order valence-electron chi connectivity index (χ4n) is 3.98. The number of methoxy groups -OCH3 is 1. The summed E-state index contributed by atoms with van der Waals surface area (Å²) in [5.41, 5.74) is 3.31. The van der Waals surface area contributed by atoms with Crippen molar-refractivity contribution in [1.29, 1.82) is 0 Å². The van der Waals surface area contributed by atoms with Gasteiger partial charge < -0.3 is 14.8 Å². The molecule has 0 unspecified atom stereocenters. The normalized spacial score (nSPS) is 15.4. The van der Waals surface area contributed by atoms with E-state index < -0.39 is 5.97 Å². The Balaban J connectivity index is 1.62. The summed E-state index contributed by atoms with van der Waals surface area (Å²) in [5.74, 6) is -0.624. The summed E-state index contributed by atoms with van der Waals surface area (Å²) in [6.07, 6.45) is 1.74. The second-order valence-electron chi connectivity index (χ2n) is 8.32. The molecule has 34 heavy (non-hydrogen) atoms. The highest BCUT2D eigenvalue weighted by atomic mass is 32.2. The van der Waals surface area contributed by atoms with E-state index in [4.69, 9.17) is 9.47 Å². The molecule has 2 heterocycles. The van der Waals surface area contributed by atoms with Crippen LogP contribution in [0.3, 0.4) is 0 Å². The molecule has 0 radical (unpaired) electrons. The number of anilines is 1. The lowest BCUT2D eigenvalue weighted by Gasteiger charge is -2.17. The number of hydrogen-bond donors (Lipinski definition) is 1. The molecule has 1 N–H and O–H groups in total. The average Bonchev–Trinajstić information content (AvgIpc) is 3.34. The predicted octanol–water partition coefficient (Wildman–Crippen LogP) is 3.71. The molecule has 2 aromatic carbocycles. The van der Waals surface area contributed by atoms with Gasteiger partial charge in [-0.05, 0) is 56.5 Å². The van der Waals surface area contributed by atoms with Crippen LogP contribution < -0.4 is 10.9 Å². The maximum Gasteiger partial charge on any atom is 0.337 e. The van der Waals surface area contributed by atoms with Crippen LogP contribution in [0.5, 0.6) is 0 Å². The molecule has 0 bridgehead atoms. The molecule has 1 saturated heterocycles. The number of fused-ring (bicyclic) bond motifs is 1. The third-order valence-electron chi connectivity index (χ3n) is 5.74. The van der Waals surface area contributed by atoms with E-state index in [1.165, 1.54) is 18.9 Å². The lowest BCUT2D eigenvalue weighted by molar-refractivity contribution is -0.113. The number of amides is 1. The van der Waals surface area contributed by atoms with Crippen molar-refractivity contribution in [1.82, 2.24) is 9.55 Å². The number of hydrogen-bond acceptors (Lipinski definition) is 7. The van der Waals surface area contributed by atoms with E-state index in [1.807, 2.05) is 32.0 Å². The SMILES string of the molecule is COC(=O)c1ccc2c(=O)n(C[C@H]3CCCO3)c(SCC(=O)Nc3ccc(C)cc3C)nc2c1. The number of benzene rings is 2. The van der Waals surface area contributed by atoms with Crippen molar-refractivity contribution in [2.45, 2.75) is 44.5 Å². The first-order chi connectivity index (χ1) is 16.4. The molecular weight excluding hydrogens is 454 g/mol. The number of esters is 1. The van der Waals surface area contributed by atoms with Gasteiger partial charge in [0.25, 0.3) is 5.56 Å². The number of aryl methyl sites for hydroxylation is 2. The van der Waals surface area contributed by atoms with E-state index in [-0.39, 0.29) is 23.3 Å². The molecule has 1 amide bonds. The number of nitrogens with zero attached hydrogens (tertiary/aromatic N) is 2. The molecule has 178 valence electrons. The van der Waals surface area contributed by atoms with Crippen molar-refractivity contribution in [3.05, 3.63) is 63.4 Å². The number of rotatable bonds is 7. The van der Waals surface area contributed by atoms with Gasteiger partial charge in [-0.15, -0.1) is 0 Å². The Labute approximate surface area is 201 Å². The quantitative estimate of drug-likeness (QED) is 0.312. The van der Waals surface area contributed by atoms with Gasteiger partial charge in [0, 0.05) is 12.3 Å². The van der Waals surface area contributed by atoms with E-state index in [2.05, 4.69) is 10.3 Å². The van der Waals surface area contributed by atoms with Gasteiger partial charge in [-0.3, -0.25) is 14.2 Å². The number of thioether (sulfide) groups is 1. The van der Waals surface area contributed by atoms with Crippen LogP contribution in [0, 0.1) is 13.8 Å². The Bertz CT molecular complexity index is 1300. The minimum absolute atomic E-state index is 0.0744. The second-order valence-corrected chi connectivity index (χ2v) is 9.27. The number of carbonyl (C=O) groups is 2. The Kier molecular flexibility index (Phi) is 7.33. The van der Waals surface area contributed by atoms with Crippen LogP contribution in [-0.4, -0.2) is 47.0 Å². The molecular formula is C25H27N3O5S. The maximum absolute atomic E-state index is 13.3. The summed E-state index contributed by atoms with van der Waals surface area (Å²) in [4.78, 5) is 42.6. The fourth-order valence-corrected chi connectivity index (χ4v) is 4.79. The molecule has 0 aliphatic carbocycles. The summed E-state index contributed by atoms with van der Waals surface area (Å²) in [5, 5.41) is 3.73. The number of carbonyl (C=O) groups excluding carboxylic acids is 2. The molecule has 8 nitrogen and oxygen atoms in total. The van der Waals surface area contributed by atoms with Crippen molar-refractivity contribution >= 4 is 40.2 Å². The zero-order valence-corrected chi connectivity index (χ0v) is 20.2. The Morgan fingerprint density at radius 3 is 2.76 bits per heavy atom. The van der Waals surface area contributed by atoms with E-state index in [9.17, 15) is 14.4 Å². The molecule has 1 aliphatic heterocycles. The third-order valence-corrected chi connectivity index (χ3v) is 6.72. The van der Waals surface area contributed by atoms with Crippen LogP contribution in [0.1, 0.15) is 34.3 Å². The van der Waals surface area contributed by atoms with Gasteiger partial charge in [-0.2, -0.15) is 0 Å². The molecule has 3 aromatic rings. The zero-order chi connectivity index (χ0) is 24.2. The van der Waals surface area contributed by atoms with Crippen molar-refractivity contribution in [2.75, 3.05) is 24.8 Å². The first-order valence-corrected chi connectivity index (χ1v) is 12.1. The Hall–Kier alpha value is -3.17. The highest BCUT2D eigenvalue weighted by Gasteiger charge is 2.21. The standard InChI is InChI=1S/C25H27N3O5S/c1-15-6-9-20(16(2)11-15)26-22(29)14-34-25-27-21-12-17(24(31)32-3)7-8-19(21)23(30)28(25)13-18-5-4-10-33-18/h6-9,11-12,18H,4-5,10,13-14H2,1-3H3,(H,26,29)/t18-/m1/s1. The van der Waals surface area contributed by atoms with Crippen LogP contribution in [0.25, 0.3) is 10.9 Å². The lowest BCUT2D eigenvalue weighted by atomic mass is 10.1. The van der Waals surface area contributed by atoms with Gasteiger partial charge in [-0.25, -0.2) is 9.78 Å². The fraction of sp³-hybridized carbons (Fsp3) is 0.360. The molecule has 1 aliphatic rings. The molecule has 1 fully saturated rings. The summed E-state index contributed by atoms with van der Waals surface area (Å²) in [7, 11) is 1.30.